The SMILES string of the molecule is CCOC(=O)c1csc(CN)n1.Cl.Cl. The van der Waals surface area contributed by atoms with Crippen LogP contribution in [-0.4, -0.2) is 17.6 Å². The van der Waals surface area contributed by atoms with Gasteiger partial charge in [0.15, 0.2) is 5.69 Å². The summed E-state index contributed by atoms with van der Waals surface area (Å²) in [6.45, 7) is 2.49. The summed E-state index contributed by atoms with van der Waals surface area (Å²) in [4.78, 5) is 15.0. The van der Waals surface area contributed by atoms with Crippen LogP contribution in [0, 0.1) is 0 Å². The van der Waals surface area contributed by atoms with Crippen molar-refractivity contribution in [3.05, 3.63) is 16.1 Å². The number of esters is 1. The minimum Gasteiger partial charge on any atom is -0.461 e. The number of nitrogens with two attached hydrogens (primary N) is 1. The summed E-state index contributed by atoms with van der Waals surface area (Å²) in [6.07, 6.45) is 0. The zero-order chi connectivity index (χ0) is 8.97. The highest BCUT2D eigenvalue weighted by Crippen LogP contribution is 2.09. The van der Waals surface area contributed by atoms with Crippen LogP contribution in [0.5, 0.6) is 0 Å². The standard InChI is InChI=1S/C7H10N2O2S.2ClH/c1-2-11-7(10)5-4-12-6(3-8)9-5;;/h4H,2-3,8H2,1H3;2*1H. The molecule has 0 unspecified atom stereocenters. The minimum atomic E-state index is -0.381. The first kappa shape index (κ1) is 16.1. The first-order valence-electron chi connectivity index (χ1n) is 3.59. The number of halogens is 2. The lowest BCUT2D eigenvalue weighted by Crippen LogP contribution is -2.05. The van der Waals surface area contributed by atoms with E-state index in [2.05, 4.69) is 4.98 Å². The second kappa shape index (κ2) is 7.99. The highest BCUT2D eigenvalue weighted by molar-refractivity contribution is 7.09. The molecular weight excluding hydrogens is 247 g/mol. The first-order valence-corrected chi connectivity index (χ1v) is 4.47. The van der Waals surface area contributed by atoms with Crippen LogP contribution in [0.2, 0.25) is 0 Å². The molecule has 4 nitrogen and oxygen atoms in total. The Morgan fingerprint density at radius 2 is 2.29 bits per heavy atom. The van der Waals surface area contributed by atoms with Crippen LogP contribution < -0.4 is 5.73 Å². The number of carbonyl (C=O) groups is 1. The molecule has 82 valence electrons. The van der Waals surface area contributed by atoms with Gasteiger partial charge < -0.3 is 10.5 Å². The molecule has 0 saturated carbocycles. The van der Waals surface area contributed by atoms with Gasteiger partial charge in [-0.3, -0.25) is 0 Å². The summed E-state index contributed by atoms with van der Waals surface area (Å²) in [7, 11) is 0. The molecule has 14 heavy (non-hydrogen) atoms. The lowest BCUT2D eigenvalue weighted by molar-refractivity contribution is 0.0520. The Labute approximate surface area is 98.7 Å². The van der Waals surface area contributed by atoms with Crippen molar-refractivity contribution in [3.63, 3.8) is 0 Å². The lowest BCUT2D eigenvalue weighted by atomic mass is 10.5. The van der Waals surface area contributed by atoms with Gasteiger partial charge in [0.2, 0.25) is 0 Å². The fourth-order valence-corrected chi connectivity index (χ4v) is 1.35. The first-order chi connectivity index (χ1) is 5.77. The molecule has 0 aliphatic carbocycles. The number of hydrogen-bond donors (Lipinski definition) is 1. The fourth-order valence-electron chi connectivity index (χ4n) is 0.703. The number of aromatic nitrogens is 1. The van der Waals surface area contributed by atoms with Crippen LogP contribution in [0.4, 0.5) is 0 Å². The summed E-state index contributed by atoms with van der Waals surface area (Å²) in [5, 5.41) is 2.40. The predicted octanol–water partition coefficient (Wildman–Crippen LogP) is 1.62. The average Bonchev–Trinajstić information content (AvgIpc) is 2.52. The normalized spacial score (nSPS) is 8.43. The van der Waals surface area contributed by atoms with Crippen molar-refractivity contribution in [1.82, 2.24) is 4.98 Å². The van der Waals surface area contributed by atoms with Crippen molar-refractivity contribution in [3.8, 4) is 0 Å². The van der Waals surface area contributed by atoms with Crippen molar-refractivity contribution in [1.29, 1.82) is 0 Å². The lowest BCUT2D eigenvalue weighted by Gasteiger charge is -1.95. The van der Waals surface area contributed by atoms with Crippen LogP contribution in [-0.2, 0) is 11.3 Å². The van der Waals surface area contributed by atoms with Crippen LogP contribution in [0.3, 0.4) is 0 Å². The molecule has 1 aromatic rings. The zero-order valence-electron chi connectivity index (χ0n) is 7.56. The topological polar surface area (TPSA) is 65.2 Å². The maximum atomic E-state index is 11.1. The van der Waals surface area contributed by atoms with Gasteiger partial charge in [-0.25, -0.2) is 9.78 Å². The number of nitrogens with zero attached hydrogens (tertiary/aromatic N) is 1. The van der Waals surface area contributed by atoms with Gasteiger partial charge in [0.05, 0.1) is 6.61 Å². The molecule has 0 bridgehead atoms. The Morgan fingerprint density at radius 3 is 2.71 bits per heavy atom. The van der Waals surface area contributed by atoms with Crippen LogP contribution in [0.1, 0.15) is 22.4 Å². The van der Waals surface area contributed by atoms with Gasteiger partial charge in [-0.05, 0) is 6.92 Å². The summed E-state index contributed by atoms with van der Waals surface area (Å²) in [6, 6.07) is 0. The van der Waals surface area contributed by atoms with E-state index in [0.29, 0.717) is 18.8 Å². The van der Waals surface area contributed by atoms with Crippen LogP contribution in [0.15, 0.2) is 5.38 Å². The van der Waals surface area contributed by atoms with E-state index in [1.165, 1.54) is 11.3 Å². The zero-order valence-corrected chi connectivity index (χ0v) is 10.0. The molecule has 2 N–H and O–H groups in total. The molecule has 0 aromatic carbocycles. The number of thiazole rings is 1. The van der Waals surface area contributed by atoms with E-state index in [1.54, 1.807) is 12.3 Å². The molecule has 0 spiro atoms. The van der Waals surface area contributed by atoms with E-state index >= 15 is 0 Å². The third-order valence-electron chi connectivity index (χ3n) is 1.21. The number of rotatable bonds is 3. The molecule has 0 aliphatic rings. The Bertz CT molecular complexity index is 280. The van der Waals surface area contributed by atoms with Gasteiger partial charge in [-0.15, -0.1) is 36.2 Å². The Balaban J connectivity index is 0. The maximum absolute atomic E-state index is 11.1. The summed E-state index contributed by atoms with van der Waals surface area (Å²) < 4.78 is 4.75. The van der Waals surface area contributed by atoms with Gasteiger partial charge in [-0.2, -0.15) is 0 Å². The largest absolute Gasteiger partial charge is 0.461 e. The Kier molecular flexibility index (Phi) is 9.18. The maximum Gasteiger partial charge on any atom is 0.357 e. The van der Waals surface area contributed by atoms with E-state index < -0.39 is 0 Å². The molecule has 0 saturated heterocycles. The molecule has 0 radical (unpaired) electrons. The third kappa shape index (κ3) is 4.23. The van der Waals surface area contributed by atoms with Crippen molar-refractivity contribution in [2.45, 2.75) is 13.5 Å². The predicted molar refractivity (Wildman–Crippen MR) is 60.5 cm³/mol. The summed E-state index contributed by atoms with van der Waals surface area (Å²) in [5.74, 6) is -0.381. The highest BCUT2D eigenvalue weighted by Gasteiger charge is 2.09. The second-order valence-corrected chi connectivity index (χ2v) is 2.99. The van der Waals surface area contributed by atoms with Crippen LogP contribution in [0.25, 0.3) is 0 Å². The number of ether oxygens (including phenoxy) is 1. The van der Waals surface area contributed by atoms with E-state index in [9.17, 15) is 4.79 Å². The van der Waals surface area contributed by atoms with Gasteiger partial charge in [-0.1, -0.05) is 0 Å². The molecule has 0 aliphatic heterocycles. The van der Waals surface area contributed by atoms with E-state index in [-0.39, 0.29) is 30.8 Å². The molecule has 1 heterocycles. The Hall–Kier alpha value is -0.360. The van der Waals surface area contributed by atoms with E-state index in [0.717, 1.165) is 5.01 Å². The summed E-state index contributed by atoms with van der Waals surface area (Å²) >= 11 is 1.37. The smallest absolute Gasteiger partial charge is 0.357 e. The van der Waals surface area contributed by atoms with Crippen molar-refractivity contribution < 1.29 is 9.53 Å². The average molecular weight is 259 g/mol. The van der Waals surface area contributed by atoms with E-state index in [4.69, 9.17) is 10.5 Å². The van der Waals surface area contributed by atoms with Crippen LogP contribution >= 0.6 is 36.2 Å². The molecule has 0 amide bonds. The third-order valence-corrected chi connectivity index (χ3v) is 2.08. The molecule has 1 rings (SSSR count). The minimum absolute atomic E-state index is 0. The molecular formula is C7H12Cl2N2O2S. The highest BCUT2D eigenvalue weighted by atomic mass is 35.5. The van der Waals surface area contributed by atoms with Crippen molar-refractivity contribution >= 4 is 42.1 Å². The summed E-state index contributed by atoms with van der Waals surface area (Å²) in [5.41, 5.74) is 5.68. The Morgan fingerprint density at radius 1 is 1.64 bits per heavy atom. The number of hydrogen-bond acceptors (Lipinski definition) is 5. The van der Waals surface area contributed by atoms with Gasteiger partial charge in [0.1, 0.15) is 5.01 Å². The van der Waals surface area contributed by atoms with Crippen molar-refractivity contribution in [2.24, 2.45) is 5.73 Å². The monoisotopic (exact) mass is 258 g/mol. The molecule has 7 heteroatoms. The van der Waals surface area contributed by atoms with Gasteiger partial charge in [0, 0.05) is 11.9 Å². The molecule has 0 fully saturated rings. The fraction of sp³-hybridized carbons (Fsp3) is 0.429. The molecule has 1 aromatic heterocycles. The number of carbonyl (C=O) groups excluding carboxylic acids is 1. The van der Waals surface area contributed by atoms with Crippen molar-refractivity contribution in [2.75, 3.05) is 6.61 Å². The quantitative estimate of drug-likeness (QED) is 0.838. The second-order valence-electron chi connectivity index (χ2n) is 2.05. The molecule has 0 atom stereocenters. The van der Waals surface area contributed by atoms with Gasteiger partial charge >= 0.3 is 5.97 Å². The van der Waals surface area contributed by atoms with Gasteiger partial charge in [0.25, 0.3) is 0 Å². The van der Waals surface area contributed by atoms with E-state index in [1.807, 2.05) is 0 Å².